The number of rotatable bonds is 4. The molecular formula is C19H33N3O4S. The Kier molecular flexibility index (Phi) is 6.58. The maximum absolute atomic E-state index is 13.0. The monoisotopic (exact) mass is 399 g/mol. The van der Waals surface area contributed by atoms with Gasteiger partial charge in [0.15, 0.2) is 0 Å². The van der Waals surface area contributed by atoms with Crippen LogP contribution in [0.25, 0.3) is 0 Å². The summed E-state index contributed by atoms with van der Waals surface area (Å²) in [6.45, 7) is 6.98. The molecule has 0 atom stereocenters. The Labute approximate surface area is 163 Å². The molecular weight excluding hydrogens is 366 g/mol. The fraction of sp³-hybridized carbons (Fsp3) is 0.895. The molecule has 2 aliphatic heterocycles. The highest BCUT2D eigenvalue weighted by Crippen LogP contribution is 2.29. The van der Waals surface area contributed by atoms with Gasteiger partial charge in [0, 0.05) is 58.2 Å². The van der Waals surface area contributed by atoms with Crippen molar-refractivity contribution in [3.05, 3.63) is 0 Å². The van der Waals surface area contributed by atoms with Crippen LogP contribution in [0.4, 0.5) is 0 Å². The lowest BCUT2D eigenvalue weighted by Crippen LogP contribution is -2.55. The standard InChI is InChI=1S/C19H33N3O4S/c1-15(23)17-3-5-18(6-4-17)21-11-13-22(14-12-21)27(25,26)19-7-9-20(10-8-19)16(2)24/h17-19H,3-14H2,1-2H3. The van der Waals surface area contributed by atoms with Crippen LogP contribution in [-0.2, 0) is 19.6 Å². The highest BCUT2D eigenvalue weighted by molar-refractivity contribution is 7.89. The van der Waals surface area contributed by atoms with Crippen LogP contribution in [0.3, 0.4) is 0 Å². The first-order chi connectivity index (χ1) is 12.8. The van der Waals surface area contributed by atoms with Crippen LogP contribution in [-0.4, -0.2) is 84.8 Å². The van der Waals surface area contributed by atoms with E-state index in [-0.39, 0.29) is 17.1 Å². The lowest BCUT2D eigenvalue weighted by Gasteiger charge is -2.42. The Morgan fingerprint density at radius 1 is 0.778 bits per heavy atom. The third kappa shape index (κ3) is 4.71. The smallest absolute Gasteiger partial charge is 0.219 e. The van der Waals surface area contributed by atoms with Gasteiger partial charge in [-0.15, -0.1) is 0 Å². The molecule has 7 nitrogen and oxygen atoms in total. The van der Waals surface area contributed by atoms with Gasteiger partial charge in [-0.2, -0.15) is 4.31 Å². The molecule has 0 bridgehead atoms. The molecule has 27 heavy (non-hydrogen) atoms. The number of likely N-dealkylation sites (tertiary alicyclic amines) is 1. The summed E-state index contributed by atoms with van der Waals surface area (Å²) in [6.07, 6.45) is 5.09. The van der Waals surface area contributed by atoms with Gasteiger partial charge in [0.05, 0.1) is 5.25 Å². The molecule has 2 heterocycles. The number of hydrogen-bond donors (Lipinski definition) is 0. The second-order valence-corrected chi connectivity index (χ2v) is 10.5. The Bertz CT molecular complexity index is 642. The highest BCUT2D eigenvalue weighted by Gasteiger charge is 2.38. The molecule has 1 aliphatic carbocycles. The molecule has 2 saturated heterocycles. The fourth-order valence-electron chi connectivity index (χ4n) is 4.85. The summed E-state index contributed by atoms with van der Waals surface area (Å²) in [7, 11) is -3.28. The van der Waals surface area contributed by atoms with Gasteiger partial charge < -0.3 is 4.90 Å². The second kappa shape index (κ2) is 8.57. The highest BCUT2D eigenvalue weighted by atomic mass is 32.2. The van der Waals surface area contributed by atoms with Crippen LogP contribution in [0.2, 0.25) is 0 Å². The Morgan fingerprint density at radius 2 is 1.33 bits per heavy atom. The Balaban J connectivity index is 1.49. The number of sulfonamides is 1. The molecule has 3 fully saturated rings. The van der Waals surface area contributed by atoms with Crippen LogP contribution in [0.15, 0.2) is 0 Å². The van der Waals surface area contributed by atoms with Crippen molar-refractivity contribution in [3.63, 3.8) is 0 Å². The zero-order valence-electron chi connectivity index (χ0n) is 16.6. The van der Waals surface area contributed by atoms with Gasteiger partial charge in [-0.25, -0.2) is 8.42 Å². The van der Waals surface area contributed by atoms with Crippen molar-refractivity contribution in [1.82, 2.24) is 14.1 Å². The number of piperidine rings is 1. The van der Waals surface area contributed by atoms with E-state index < -0.39 is 10.0 Å². The maximum Gasteiger partial charge on any atom is 0.219 e. The summed E-state index contributed by atoms with van der Waals surface area (Å²) in [5.41, 5.74) is 0. The van der Waals surface area contributed by atoms with Crippen LogP contribution in [0, 0.1) is 5.92 Å². The topological polar surface area (TPSA) is 78.0 Å². The van der Waals surface area contributed by atoms with E-state index >= 15 is 0 Å². The maximum atomic E-state index is 13.0. The van der Waals surface area contributed by atoms with E-state index in [1.807, 2.05) is 0 Å². The largest absolute Gasteiger partial charge is 0.343 e. The minimum absolute atomic E-state index is 0.0268. The Hall–Kier alpha value is -0.990. The molecule has 1 saturated carbocycles. The first-order valence-corrected chi connectivity index (χ1v) is 11.8. The predicted octanol–water partition coefficient (Wildman–Crippen LogP) is 1.09. The van der Waals surface area contributed by atoms with E-state index in [4.69, 9.17) is 0 Å². The van der Waals surface area contributed by atoms with E-state index in [9.17, 15) is 18.0 Å². The van der Waals surface area contributed by atoms with Gasteiger partial charge in [-0.3, -0.25) is 14.5 Å². The number of ketones is 1. The van der Waals surface area contributed by atoms with Gasteiger partial charge in [-0.1, -0.05) is 0 Å². The zero-order valence-corrected chi connectivity index (χ0v) is 17.4. The molecule has 3 rings (SSSR count). The van der Waals surface area contributed by atoms with Crippen LogP contribution in [0.1, 0.15) is 52.4 Å². The third-order valence-electron chi connectivity index (χ3n) is 6.73. The summed E-state index contributed by atoms with van der Waals surface area (Å²) >= 11 is 0. The average Bonchev–Trinajstić information content (AvgIpc) is 2.68. The number of Topliss-reactive ketones (excluding diaryl/α,β-unsaturated/α-hetero) is 1. The average molecular weight is 400 g/mol. The number of carbonyl (C=O) groups excluding carboxylic acids is 2. The molecule has 154 valence electrons. The molecule has 8 heteroatoms. The Morgan fingerprint density at radius 3 is 1.81 bits per heavy atom. The lowest BCUT2D eigenvalue weighted by atomic mass is 9.83. The van der Waals surface area contributed by atoms with Gasteiger partial charge in [0.1, 0.15) is 5.78 Å². The summed E-state index contributed by atoms with van der Waals surface area (Å²) < 4.78 is 27.6. The van der Waals surface area contributed by atoms with E-state index in [1.54, 1.807) is 16.1 Å². The van der Waals surface area contributed by atoms with Gasteiger partial charge in [-0.05, 0) is 45.4 Å². The van der Waals surface area contributed by atoms with Crippen molar-refractivity contribution in [2.45, 2.75) is 63.7 Å². The van der Waals surface area contributed by atoms with E-state index in [0.29, 0.717) is 50.8 Å². The minimum Gasteiger partial charge on any atom is -0.343 e. The summed E-state index contributed by atoms with van der Waals surface area (Å²) in [5, 5.41) is -0.356. The molecule has 0 radical (unpaired) electrons. The molecule has 0 N–H and O–H groups in total. The quantitative estimate of drug-likeness (QED) is 0.707. The van der Waals surface area contributed by atoms with Crippen molar-refractivity contribution in [1.29, 1.82) is 0 Å². The number of nitrogens with zero attached hydrogens (tertiary/aromatic N) is 3. The number of piperazine rings is 1. The first-order valence-electron chi connectivity index (χ1n) is 10.3. The van der Waals surface area contributed by atoms with Crippen LogP contribution < -0.4 is 0 Å². The van der Waals surface area contributed by atoms with Crippen molar-refractivity contribution < 1.29 is 18.0 Å². The number of carbonyl (C=O) groups is 2. The molecule has 0 aromatic heterocycles. The number of hydrogen-bond acceptors (Lipinski definition) is 5. The van der Waals surface area contributed by atoms with Crippen molar-refractivity contribution in [2.24, 2.45) is 5.92 Å². The van der Waals surface area contributed by atoms with E-state index in [2.05, 4.69) is 4.90 Å². The number of amides is 1. The molecule has 0 spiro atoms. The van der Waals surface area contributed by atoms with Crippen molar-refractivity contribution in [2.75, 3.05) is 39.3 Å². The second-order valence-electron chi connectivity index (χ2n) is 8.30. The summed E-state index contributed by atoms with van der Waals surface area (Å²) in [6, 6.07) is 0.490. The zero-order chi connectivity index (χ0) is 19.6. The third-order valence-corrected chi connectivity index (χ3v) is 9.13. The summed E-state index contributed by atoms with van der Waals surface area (Å²) in [5.74, 6) is 0.558. The summed E-state index contributed by atoms with van der Waals surface area (Å²) in [4.78, 5) is 27.1. The van der Waals surface area contributed by atoms with Crippen molar-refractivity contribution in [3.8, 4) is 0 Å². The van der Waals surface area contributed by atoms with Gasteiger partial charge >= 0.3 is 0 Å². The SMILES string of the molecule is CC(=O)C1CCC(N2CCN(S(=O)(=O)C3CCN(C(C)=O)CC3)CC2)CC1. The van der Waals surface area contributed by atoms with Crippen LogP contribution in [0.5, 0.6) is 0 Å². The van der Waals surface area contributed by atoms with Gasteiger partial charge in [0.25, 0.3) is 0 Å². The minimum atomic E-state index is -3.28. The van der Waals surface area contributed by atoms with Crippen molar-refractivity contribution >= 4 is 21.7 Å². The first kappa shape index (κ1) is 20.7. The van der Waals surface area contributed by atoms with E-state index in [1.165, 1.54) is 6.92 Å². The van der Waals surface area contributed by atoms with E-state index in [0.717, 1.165) is 38.8 Å². The lowest BCUT2D eigenvalue weighted by molar-refractivity contribution is -0.129. The molecule has 0 aromatic carbocycles. The van der Waals surface area contributed by atoms with Crippen LogP contribution >= 0.6 is 0 Å². The predicted molar refractivity (Wildman–Crippen MR) is 104 cm³/mol. The normalized spacial score (nSPS) is 29.6. The molecule has 0 aromatic rings. The molecule has 3 aliphatic rings. The molecule has 0 unspecified atom stereocenters. The fourth-order valence-corrected chi connectivity index (χ4v) is 6.75. The van der Waals surface area contributed by atoms with Gasteiger partial charge in [0.2, 0.25) is 15.9 Å². The molecule has 1 amide bonds.